The number of nitrogens with one attached hydrogen (secondary N) is 1. The monoisotopic (exact) mass is 436 g/mol. The van der Waals surface area contributed by atoms with Crippen LogP contribution in [0.4, 0.5) is 5.69 Å². The van der Waals surface area contributed by atoms with E-state index in [9.17, 15) is 13.2 Å². The van der Waals surface area contributed by atoms with Crippen LogP contribution in [0.3, 0.4) is 0 Å². The maximum absolute atomic E-state index is 12.8. The Morgan fingerprint density at radius 3 is 2.39 bits per heavy atom. The first-order valence-electron chi connectivity index (χ1n) is 9.90. The molecule has 2 aromatic heterocycles. The summed E-state index contributed by atoms with van der Waals surface area (Å²) in [6.45, 7) is 2.66. The van der Waals surface area contributed by atoms with E-state index >= 15 is 0 Å². The second kappa shape index (κ2) is 7.70. The van der Waals surface area contributed by atoms with E-state index in [0.29, 0.717) is 11.9 Å². The van der Waals surface area contributed by atoms with Gasteiger partial charge in [0, 0.05) is 67.1 Å². The molecule has 4 aromatic rings. The van der Waals surface area contributed by atoms with Crippen molar-refractivity contribution in [1.29, 1.82) is 0 Å². The van der Waals surface area contributed by atoms with Gasteiger partial charge in [-0.25, -0.2) is 8.42 Å². The third-order valence-electron chi connectivity index (χ3n) is 5.30. The lowest BCUT2D eigenvalue weighted by Gasteiger charge is -2.16. The molecule has 0 atom stereocenters. The van der Waals surface area contributed by atoms with Gasteiger partial charge in [0.25, 0.3) is 5.56 Å². The van der Waals surface area contributed by atoms with Gasteiger partial charge in [-0.1, -0.05) is 6.07 Å². The first kappa shape index (κ1) is 20.9. The largest absolute Gasteiger partial charge is 0.385 e. The minimum Gasteiger partial charge on any atom is -0.385 e. The Kier molecular flexibility index (Phi) is 5.18. The van der Waals surface area contributed by atoms with Crippen molar-refractivity contribution in [2.75, 3.05) is 18.1 Å². The Morgan fingerprint density at radius 1 is 0.968 bits per heavy atom. The molecule has 2 heterocycles. The highest BCUT2D eigenvalue weighted by molar-refractivity contribution is 7.90. The zero-order chi connectivity index (χ0) is 22.3. The van der Waals surface area contributed by atoms with E-state index in [4.69, 9.17) is 0 Å². The van der Waals surface area contributed by atoms with Gasteiger partial charge in [0.05, 0.1) is 11.1 Å². The van der Waals surface area contributed by atoms with Gasteiger partial charge < -0.3 is 9.88 Å². The van der Waals surface area contributed by atoms with Gasteiger partial charge in [-0.2, -0.15) is 5.10 Å². The molecule has 0 aliphatic heterocycles. The number of benzene rings is 2. The molecular formula is C23H24N4O3S. The molecule has 160 valence electrons. The molecule has 0 unspecified atom stereocenters. The lowest BCUT2D eigenvalue weighted by Crippen LogP contribution is -2.17. The highest BCUT2D eigenvalue weighted by Crippen LogP contribution is 2.36. The third kappa shape index (κ3) is 3.86. The molecule has 0 saturated carbocycles. The first-order chi connectivity index (χ1) is 14.7. The summed E-state index contributed by atoms with van der Waals surface area (Å²) in [5, 5.41) is 8.87. The van der Waals surface area contributed by atoms with Gasteiger partial charge in [0.1, 0.15) is 0 Å². The number of rotatable bonds is 5. The van der Waals surface area contributed by atoms with Gasteiger partial charge in [-0.3, -0.25) is 9.48 Å². The lowest BCUT2D eigenvalue weighted by atomic mass is 9.96. The normalized spacial score (nSPS) is 11.7. The molecule has 7 nitrogen and oxygen atoms in total. The Labute approximate surface area is 180 Å². The summed E-state index contributed by atoms with van der Waals surface area (Å²) < 4.78 is 27.7. The van der Waals surface area contributed by atoms with Crippen molar-refractivity contribution in [3.05, 3.63) is 65.3 Å². The zero-order valence-corrected chi connectivity index (χ0v) is 18.7. The number of hydrogen-bond donors (Lipinski definition) is 1. The number of aromatic nitrogens is 3. The van der Waals surface area contributed by atoms with E-state index in [1.807, 2.05) is 38.4 Å². The Morgan fingerprint density at radius 2 is 1.74 bits per heavy atom. The van der Waals surface area contributed by atoms with E-state index in [2.05, 4.69) is 10.4 Å². The molecule has 2 aromatic carbocycles. The lowest BCUT2D eigenvalue weighted by molar-refractivity contribution is 0.602. The van der Waals surface area contributed by atoms with E-state index in [1.54, 1.807) is 42.3 Å². The highest BCUT2D eigenvalue weighted by atomic mass is 32.2. The van der Waals surface area contributed by atoms with Gasteiger partial charge in [0.15, 0.2) is 9.84 Å². The maximum Gasteiger partial charge on any atom is 0.258 e. The summed E-state index contributed by atoms with van der Waals surface area (Å²) >= 11 is 0. The molecule has 0 amide bonds. The number of hydrogen-bond acceptors (Lipinski definition) is 5. The summed E-state index contributed by atoms with van der Waals surface area (Å²) in [4.78, 5) is 13.1. The molecule has 0 radical (unpaired) electrons. The standard InChI is InChI=1S/C23H24N4O3S/c1-5-24-22-9-7-17(31(4,29)30)11-20(22)21-14-26(2)23(28)18-8-6-15(10-19(18)21)16-12-25-27(3)13-16/h6-14,24H,5H2,1-4H3. The fourth-order valence-electron chi connectivity index (χ4n) is 3.75. The smallest absolute Gasteiger partial charge is 0.258 e. The minimum atomic E-state index is -3.39. The maximum atomic E-state index is 12.8. The molecule has 0 fully saturated rings. The fourth-order valence-corrected chi connectivity index (χ4v) is 4.40. The molecule has 0 aliphatic carbocycles. The number of fused-ring (bicyclic) bond motifs is 1. The van der Waals surface area contributed by atoms with Crippen LogP contribution in [0.15, 0.2) is 64.7 Å². The number of aryl methyl sites for hydroxylation is 2. The molecule has 31 heavy (non-hydrogen) atoms. The second-order valence-corrected chi connectivity index (χ2v) is 9.65. The van der Waals surface area contributed by atoms with Gasteiger partial charge in [0.2, 0.25) is 0 Å². The van der Waals surface area contributed by atoms with Crippen molar-refractivity contribution in [3.8, 4) is 22.3 Å². The van der Waals surface area contributed by atoms with Crippen molar-refractivity contribution in [2.24, 2.45) is 14.1 Å². The number of pyridine rings is 1. The summed E-state index contributed by atoms with van der Waals surface area (Å²) in [5.74, 6) is 0. The second-order valence-electron chi connectivity index (χ2n) is 7.63. The summed E-state index contributed by atoms with van der Waals surface area (Å²) in [5.41, 5.74) is 4.08. The molecule has 0 aliphatic rings. The average Bonchev–Trinajstić information content (AvgIpc) is 3.16. The van der Waals surface area contributed by atoms with E-state index < -0.39 is 9.84 Å². The molecule has 0 spiro atoms. The van der Waals surface area contributed by atoms with Crippen molar-refractivity contribution >= 4 is 26.3 Å². The number of nitrogens with zero attached hydrogens (tertiary/aromatic N) is 3. The van der Waals surface area contributed by atoms with E-state index in [1.165, 1.54) is 10.8 Å². The van der Waals surface area contributed by atoms with Crippen LogP contribution in [0.1, 0.15) is 6.92 Å². The Hall–Kier alpha value is -3.39. The van der Waals surface area contributed by atoms with Crippen LogP contribution in [-0.2, 0) is 23.9 Å². The summed E-state index contributed by atoms with van der Waals surface area (Å²) in [6.07, 6.45) is 6.64. The van der Waals surface area contributed by atoms with Crippen LogP contribution < -0.4 is 10.9 Å². The van der Waals surface area contributed by atoms with Crippen LogP contribution in [0.25, 0.3) is 33.0 Å². The molecule has 0 bridgehead atoms. The predicted molar refractivity (Wildman–Crippen MR) is 124 cm³/mol. The number of sulfone groups is 1. The first-order valence-corrected chi connectivity index (χ1v) is 11.8. The molecule has 4 rings (SSSR count). The quantitative estimate of drug-likeness (QED) is 0.518. The van der Waals surface area contributed by atoms with Crippen LogP contribution in [0.5, 0.6) is 0 Å². The summed E-state index contributed by atoms with van der Waals surface area (Å²) in [7, 11) is 0.162. The Balaban J connectivity index is 2.07. The molecular weight excluding hydrogens is 412 g/mol. The fraction of sp³-hybridized carbons (Fsp3) is 0.217. The van der Waals surface area contributed by atoms with Gasteiger partial charge >= 0.3 is 0 Å². The average molecular weight is 437 g/mol. The molecule has 0 saturated heterocycles. The zero-order valence-electron chi connectivity index (χ0n) is 17.9. The van der Waals surface area contributed by atoms with Crippen molar-refractivity contribution < 1.29 is 8.42 Å². The van der Waals surface area contributed by atoms with Crippen molar-refractivity contribution in [3.63, 3.8) is 0 Å². The van der Waals surface area contributed by atoms with Crippen LogP contribution >= 0.6 is 0 Å². The van der Waals surface area contributed by atoms with Crippen molar-refractivity contribution in [2.45, 2.75) is 11.8 Å². The molecule has 1 N–H and O–H groups in total. The minimum absolute atomic E-state index is 0.110. The Bertz CT molecular complexity index is 1470. The van der Waals surface area contributed by atoms with E-state index in [-0.39, 0.29) is 10.5 Å². The third-order valence-corrected chi connectivity index (χ3v) is 6.41. The SMILES string of the molecule is CCNc1ccc(S(C)(=O)=O)cc1-c1cn(C)c(=O)c2ccc(-c3cnn(C)c3)cc12. The van der Waals surface area contributed by atoms with Gasteiger partial charge in [-0.05, 0) is 48.2 Å². The van der Waals surface area contributed by atoms with E-state index in [0.717, 1.165) is 33.3 Å². The summed E-state index contributed by atoms with van der Waals surface area (Å²) in [6, 6.07) is 10.7. The molecule has 8 heteroatoms. The van der Waals surface area contributed by atoms with Gasteiger partial charge in [-0.15, -0.1) is 0 Å². The highest BCUT2D eigenvalue weighted by Gasteiger charge is 2.17. The topological polar surface area (TPSA) is 86.0 Å². The predicted octanol–water partition coefficient (Wildman–Crippen LogP) is 3.44. The van der Waals surface area contributed by atoms with Crippen LogP contribution in [-0.4, -0.2) is 35.6 Å². The van der Waals surface area contributed by atoms with Crippen LogP contribution in [0, 0.1) is 0 Å². The number of anilines is 1. The van der Waals surface area contributed by atoms with Crippen LogP contribution in [0.2, 0.25) is 0 Å². The van der Waals surface area contributed by atoms with Crippen molar-refractivity contribution in [1.82, 2.24) is 14.3 Å².